The Morgan fingerprint density at radius 2 is 0.688 bits per heavy atom. The first kappa shape index (κ1) is 36.7. The van der Waals surface area contributed by atoms with Crippen LogP contribution in [0.5, 0.6) is 0 Å². The summed E-state index contributed by atoms with van der Waals surface area (Å²) in [4.78, 5) is 4.90. The van der Waals surface area contributed by atoms with Crippen molar-refractivity contribution >= 4 is 44.9 Å². The van der Waals surface area contributed by atoms with Crippen molar-refractivity contribution in [3.63, 3.8) is 0 Å². The molecular weight excluding hydrogens is 773 g/mol. The van der Waals surface area contributed by atoms with Crippen LogP contribution in [0, 0.1) is 0 Å². The van der Waals surface area contributed by atoms with E-state index in [1.165, 1.54) is 83.2 Å². The van der Waals surface area contributed by atoms with E-state index < -0.39 is 5.41 Å². The molecule has 10 aromatic carbocycles. The van der Waals surface area contributed by atoms with Gasteiger partial charge in [0, 0.05) is 39.2 Å². The predicted molar refractivity (Wildman–Crippen MR) is 267 cm³/mol. The number of para-hydroxylation sites is 3. The molecule has 0 aliphatic heterocycles. The van der Waals surface area contributed by atoms with E-state index in [1.807, 2.05) is 0 Å². The lowest BCUT2D eigenvalue weighted by Crippen LogP contribution is -2.26. The fourth-order valence-electron chi connectivity index (χ4n) is 11.7. The normalized spacial score (nSPS) is 15.5. The Labute approximate surface area is 375 Å². The summed E-state index contributed by atoms with van der Waals surface area (Å²) in [7, 11) is 0. The topological polar surface area (TPSA) is 6.48 Å². The van der Waals surface area contributed by atoms with Gasteiger partial charge in [0.25, 0.3) is 0 Å². The Morgan fingerprint density at radius 3 is 1.28 bits per heavy atom. The molecule has 10 aromatic rings. The Balaban J connectivity index is 1.09. The number of nitrogens with zero attached hydrogens (tertiary/aromatic N) is 2. The minimum Gasteiger partial charge on any atom is -0.310 e. The summed E-state index contributed by atoms with van der Waals surface area (Å²) < 4.78 is 0. The molecule has 0 saturated carbocycles. The molecule has 0 amide bonds. The molecule has 0 radical (unpaired) electrons. The largest absolute Gasteiger partial charge is 0.310 e. The highest BCUT2D eigenvalue weighted by Crippen LogP contribution is 2.66. The van der Waals surface area contributed by atoms with E-state index in [4.69, 9.17) is 0 Å². The van der Waals surface area contributed by atoms with Crippen molar-refractivity contribution in [3.05, 3.63) is 264 Å². The van der Waals surface area contributed by atoms with Gasteiger partial charge in [0.05, 0.1) is 11.1 Å². The predicted octanol–water partition coefficient (Wildman–Crippen LogP) is 16.4. The average Bonchev–Trinajstić information content (AvgIpc) is 3.91. The van der Waals surface area contributed by atoms with Crippen molar-refractivity contribution in [3.8, 4) is 33.4 Å². The van der Waals surface area contributed by atoms with Gasteiger partial charge in [0.1, 0.15) is 0 Å². The maximum atomic E-state index is 2.51. The molecule has 302 valence electrons. The smallest absolute Gasteiger partial charge is 0.0732 e. The minimum absolute atomic E-state index is 0.131. The summed E-state index contributed by atoms with van der Waals surface area (Å²) in [5.41, 5.74) is 22.0. The summed E-state index contributed by atoms with van der Waals surface area (Å²) in [6.45, 7) is 4.74. The summed E-state index contributed by atoms with van der Waals surface area (Å²) in [6.07, 6.45) is 0. The summed E-state index contributed by atoms with van der Waals surface area (Å²) in [5, 5.41) is 2.48. The lowest BCUT2D eigenvalue weighted by atomic mass is 9.69. The molecule has 0 bridgehead atoms. The Bertz CT molecular complexity index is 3440. The standard InChI is InChI=1S/C62H44N2/c1-61(2)54-31-17-14-26-46(54)49-36-35-45(38-57(49)61)64(43-24-10-5-11-25-43)59-40-53-48-28-16-19-33-56(48)62(60(53)52-30-13-12-29-51(52)59)55-32-18-15-27-47(55)50-37-34-44(39-58(50)62)63(41-20-6-3-7-21-41)42-22-8-4-9-23-42/h3-40H,1-2H3. The maximum Gasteiger partial charge on any atom is 0.0732 e. The first-order chi connectivity index (χ1) is 31.5. The molecule has 64 heavy (non-hydrogen) atoms. The molecule has 2 heteroatoms. The van der Waals surface area contributed by atoms with Crippen LogP contribution in [0.1, 0.15) is 47.2 Å². The van der Waals surface area contributed by atoms with Gasteiger partial charge in [-0.25, -0.2) is 0 Å². The molecule has 13 rings (SSSR count). The molecule has 0 saturated heterocycles. The number of hydrogen-bond donors (Lipinski definition) is 0. The van der Waals surface area contributed by atoms with Gasteiger partial charge >= 0.3 is 0 Å². The lowest BCUT2D eigenvalue weighted by molar-refractivity contribution is 0.660. The molecule has 1 atom stereocenters. The molecule has 1 unspecified atom stereocenters. The number of anilines is 6. The van der Waals surface area contributed by atoms with Gasteiger partial charge in [0.15, 0.2) is 0 Å². The van der Waals surface area contributed by atoms with Gasteiger partial charge in [-0.05, 0) is 139 Å². The van der Waals surface area contributed by atoms with Crippen molar-refractivity contribution in [2.45, 2.75) is 24.7 Å². The van der Waals surface area contributed by atoms with E-state index in [-0.39, 0.29) is 5.41 Å². The van der Waals surface area contributed by atoms with Crippen LogP contribution in [-0.4, -0.2) is 0 Å². The second kappa shape index (κ2) is 13.8. The van der Waals surface area contributed by atoms with E-state index in [9.17, 15) is 0 Å². The van der Waals surface area contributed by atoms with Gasteiger partial charge in [-0.2, -0.15) is 0 Å². The van der Waals surface area contributed by atoms with Crippen LogP contribution in [0.4, 0.5) is 34.1 Å². The van der Waals surface area contributed by atoms with Crippen LogP contribution in [0.2, 0.25) is 0 Å². The highest BCUT2D eigenvalue weighted by atomic mass is 15.1. The SMILES string of the molecule is CC1(C)c2ccccc2-c2ccc(N(c3ccccc3)c3cc4c(c5ccccc35)C3(c5ccccc5-c5ccc(N(c6ccccc6)c6ccccc6)cc53)c3ccccc3-4)cc21. The third-order valence-electron chi connectivity index (χ3n) is 14.4. The van der Waals surface area contributed by atoms with E-state index in [1.54, 1.807) is 0 Å². The first-order valence-corrected chi connectivity index (χ1v) is 22.4. The van der Waals surface area contributed by atoms with Crippen LogP contribution in [-0.2, 0) is 10.8 Å². The van der Waals surface area contributed by atoms with Crippen molar-refractivity contribution in [2.75, 3.05) is 9.80 Å². The molecule has 0 aromatic heterocycles. The van der Waals surface area contributed by atoms with Crippen molar-refractivity contribution in [2.24, 2.45) is 0 Å². The number of rotatable bonds is 6. The second-order valence-corrected chi connectivity index (χ2v) is 18.0. The van der Waals surface area contributed by atoms with Crippen LogP contribution in [0.15, 0.2) is 231 Å². The van der Waals surface area contributed by atoms with Crippen molar-refractivity contribution in [1.82, 2.24) is 0 Å². The second-order valence-electron chi connectivity index (χ2n) is 18.0. The number of fused-ring (bicyclic) bond motifs is 15. The molecule has 3 aliphatic rings. The summed E-state index contributed by atoms with van der Waals surface area (Å²) >= 11 is 0. The van der Waals surface area contributed by atoms with Gasteiger partial charge in [0.2, 0.25) is 0 Å². The zero-order valence-electron chi connectivity index (χ0n) is 35.8. The maximum absolute atomic E-state index is 2.51. The van der Waals surface area contributed by atoms with Gasteiger partial charge in [-0.1, -0.05) is 178 Å². The Hall–Kier alpha value is -7.94. The van der Waals surface area contributed by atoms with Gasteiger partial charge in [-0.3, -0.25) is 0 Å². The monoisotopic (exact) mass is 816 g/mol. The third-order valence-corrected chi connectivity index (χ3v) is 14.4. The third kappa shape index (κ3) is 5.02. The lowest BCUT2D eigenvalue weighted by Gasteiger charge is -2.34. The molecule has 3 aliphatic carbocycles. The Morgan fingerprint density at radius 1 is 0.281 bits per heavy atom. The number of benzene rings is 10. The van der Waals surface area contributed by atoms with Crippen LogP contribution in [0.3, 0.4) is 0 Å². The highest BCUT2D eigenvalue weighted by molar-refractivity contribution is 6.10. The summed E-state index contributed by atoms with van der Waals surface area (Å²) in [6, 6.07) is 85.7. The molecule has 1 spiro atoms. The van der Waals surface area contributed by atoms with E-state index in [0.717, 1.165) is 28.4 Å². The van der Waals surface area contributed by atoms with E-state index >= 15 is 0 Å². The molecular formula is C62H44N2. The molecule has 0 heterocycles. The zero-order chi connectivity index (χ0) is 42.6. The minimum atomic E-state index is -0.564. The molecule has 0 N–H and O–H groups in total. The quantitative estimate of drug-likeness (QED) is 0.165. The van der Waals surface area contributed by atoms with Crippen LogP contribution >= 0.6 is 0 Å². The molecule has 2 nitrogen and oxygen atoms in total. The van der Waals surface area contributed by atoms with Crippen LogP contribution < -0.4 is 9.80 Å². The Kier molecular flexibility index (Phi) is 7.90. The highest BCUT2D eigenvalue weighted by Gasteiger charge is 2.53. The first-order valence-electron chi connectivity index (χ1n) is 22.4. The van der Waals surface area contributed by atoms with Gasteiger partial charge in [-0.15, -0.1) is 0 Å². The number of hydrogen-bond acceptors (Lipinski definition) is 2. The average molecular weight is 817 g/mol. The van der Waals surface area contributed by atoms with Gasteiger partial charge < -0.3 is 9.80 Å². The summed E-state index contributed by atoms with van der Waals surface area (Å²) in [5.74, 6) is 0. The van der Waals surface area contributed by atoms with Crippen molar-refractivity contribution in [1.29, 1.82) is 0 Å². The molecule has 0 fully saturated rings. The van der Waals surface area contributed by atoms with E-state index in [2.05, 4.69) is 254 Å². The van der Waals surface area contributed by atoms with Crippen molar-refractivity contribution < 1.29 is 0 Å². The van der Waals surface area contributed by atoms with Crippen LogP contribution in [0.25, 0.3) is 44.2 Å². The fraction of sp³-hybridized carbons (Fsp3) is 0.0645. The zero-order valence-corrected chi connectivity index (χ0v) is 35.8. The van der Waals surface area contributed by atoms with E-state index in [0.29, 0.717) is 0 Å². The fourth-order valence-corrected chi connectivity index (χ4v) is 11.7.